The zero-order valence-electron chi connectivity index (χ0n) is 10.0. The van der Waals surface area contributed by atoms with Crippen LogP contribution in [0.1, 0.15) is 51.4 Å². The van der Waals surface area contributed by atoms with E-state index in [-0.39, 0.29) is 17.3 Å². The van der Waals surface area contributed by atoms with Crippen LogP contribution in [0.25, 0.3) is 0 Å². The van der Waals surface area contributed by atoms with Gasteiger partial charge in [0.05, 0.1) is 11.8 Å². The molecule has 0 aromatic heterocycles. The Morgan fingerprint density at radius 3 is 2.00 bits per heavy atom. The van der Waals surface area contributed by atoms with Crippen molar-refractivity contribution in [2.45, 2.75) is 51.4 Å². The molecule has 4 nitrogen and oxygen atoms in total. The van der Waals surface area contributed by atoms with Gasteiger partial charge in [-0.05, 0) is 50.4 Å². The van der Waals surface area contributed by atoms with Gasteiger partial charge in [-0.25, -0.2) is 0 Å². The van der Waals surface area contributed by atoms with E-state index >= 15 is 0 Å². The van der Waals surface area contributed by atoms with Gasteiger partial charge in [-0.15, -0.1) is 0 Å². The molecule has 1 spiro atoms. The van der Waals surface area contributed by atoms with E-state index in [0.717, 1.165) is 51.4 Å². The van der Waals surface area contributed by atoms with Crippen molar-refractivity contribution in [3.63, 3.8) is 0 Å². The van der Waals surface area contributed by atoms with Gasteiger partial charge in [0.15, 0.2) is 0 Å². The molecule has 2 rings (SSSR count). The standard InChI is InChI=1S/C13H20O4/c14-11(15)9-3-6-13(7-4-9)5-1-2-10(8-13)12(16)17/h9-10H,1-8H2,(H,14,15)(H,16,17)/t9?,10-,13?/m1/s1. The van der Waals surface area contributed by atoms with Gasteiger partial charge < -0.3 is 10.2 Å². The summed E-state index contributed by atoms with van der Waals surface area (Å²) in [6.45, 7) is 0. The Morgan fingerprint density at radius 2 is 1.47 bits per heavy atom. The second kappa shape index (κ2) is 4.67. The van der Waals surface area contributed by atoms with Crippen LogP contribution in [0, 0.1) is 17.3 Å². The molecule has 0 amide bonds. The van der Waals surface area contributed by atoms with E-state index in [2.05, 4.69) is 0 Å². The molecule has 17 heavy (non-hydrogen) atoms. The highest BCUT2D eigenvalue weighted by molar-refractivity contribution is 5.70. The highest BCUT2D eigenvalue weighted by Crippen LogP contribution is 2.50. The van der Waals surface area contributed by atoms with Crippen molar-refractivity contribution in [2.75, 3.05) is 0 Å². The highest BCUT2D eigenvalue weighted by Gasteiger charge is 2.42. The minimum atomic E-state index is -0.689. The lowest BCUT2D eigenvalue weighted by Gasteiger charge is -2.44. The number of carbonyl (C=O) groups is 2. The third-order valence-corrected chi connectivity index (χ3v) is 4.68. The van der Waals surface area contributed by atoms with Crippen LogP contribution in [0.15, 0.2) is 0 Å². The van der Waals surface area contributed by atoms with Crippen molar-refractivity contribution in [3.05, 3.63) is 0 Å². The van der Waals surface area contributed by atoms with Gasteiger partial charge in [0.25, 0.3) is 0 Å². The van der Waals surface area contributed by atoms with Crippen LogP contribution >= 0.6 is 0 Å². The number of rotatable bonds is 2. The SMILES string of the molecule is O=C(O)C1CCC2(CCC[C@@H](C(=O)O)C2)CC1. The van der Waals surface area contributed by atoms with Crippen LogP contribution in [-0.4, -0.2) is 22.2 Å². The summed E-state index contributed by atoms with van der Waals surface area (Å²) in [7, 11) is 0. The Morgan fingerprint density at radius 1 is 0.882 bits per heavy atom. The summed E-state index contributed by atoms with van der Waals surface area (Å²) in [5.41, 5.74) is 0.132. The molecular weight excluding hydrogens is 220 g/mol. The molecule has 2 aliphatic carbocycles. The molecule has 0 saturated heterocycles. The summed E-state index contributed by atoms with van der Waals surface area (Å²) < 4.78 is 0. The zero-order chi connectivity index (χ0) is 12.5. The molecule has 0 aromatic carbocycles. The van der Waals surface area contributed by atoms with Crippen molar-refractivity contribution in [2.24, 2.45) is 17.3 Å². The van der Waals surface area contributed by atoms with Crippen molar-refractivity contribution < 1.29 is 19.8 Å². The third-order valence-electron chi connectivity index (χ3n) is 4.68. The summed E-state index contributed by atoms with van der Waals surface area (Å²) >= 11 is 0. The molecule has 2 N–H and O–H groups in total. The first-order valence-corrected chi connectivity index (χ1v) is 6.48. The van der Waals surface area contributed by atoms with E-state index in [1.54, 1.807) is 0 Å². The van der Waals surface area contributed by atoms with Gasteiger partial charge in [-0.2, -0.15) is 0 Å². The third kappa shape index (κ3) is 2.61. The maximum absolute atomic E-state index is 11.1. The lowest BCUT2D eigenvalue weighted by molar-refractivity contribution is -0.148. The fraction of sp³-hybridized carbons (Fsp3) is 0.846. The van der Waals surface area contributed by atoms with Gasteiger partial charge in [0, 0.05) is 0 Å². The molecule has 0 aliphatic heterocycles. The van der Waals surface area contributed by atoms with Crippen LogP contribution in [0.3, 0.4) is 0 Å². The molecule has 1 atom stereocenters. The normalized spacial score (nSPS) is 37.9. The summed E-state index contributed by atoms with van der Waals surface area (Å²) in [5.74, 6) is -1.77. The first-order valence-electron chi connectivity index (χ1n) is 6.48. The van der Waals surface area contributed by atoms with Crippen LogP contribution in [0.4, 0.5) is 0 Å². The number of hydrogen-bond acceptors (Lipinski definition) is 2. The van der Waals surface area contributed by atoms with Crippen molar-refractivity contribution in [3.8, 4) is 0 Å². The molecular formula is C13H20O4. The van der Waals surface area contributed by atoms with Gasteiger partial charge in [0.2, 0.25) is 0 Å². The molecule has 2 fully saturated rings. The lowest BCUT2D eigenvalue weighted by atomic mass is 9.61. The molecule has 0 bridgehead atoms. The molecule has 0 aromatic rings. The fourth-order valence-corrected chi connectivity index (χ4v) is 3.59. The quantitative estimate of drug-likeness (QED) is 0.777. The maximum Gasteiger partial charge on any atom is 0.306 e. The predicted octanol–water partition coefficient (Wildman–Crippen LogP) is 2.52. The van der Waals surface area contributed by atoms with E-state index in [1.807, 2.05) is 0 Å². The smallest absolute Gasteiger partial charge is 0.306 e. The summed E-state index contributed by atoms with van der Waals surface area (Å²) in [6.07, 6.45) is 6.86. The average molecular weight is 240 g/mol. The van der Waals surface area contributed by atoms with E-state index < -0.39 is 11.9 Å². The number of carboxylic acid groups (broad SMARTS) is 2. The minimum Gasteiger partial charge on any atom is -0.481 e. The Labute approximate surface area is 101 Å². The van der Waals surface area contributed by atoms with Crippen LogP contribution in [0.2, 0.25) is 0 Å². The number of carboxylic acids is 2. The molecule has 96 valence electrons. The lowest BCUT2D eigenvalue weighted by Crippen LogP contribution is -2.36. The monoisotopic (exact) mass is 240 g/mol. The average Bonchev–Trinajstić information content (AvgIpc) is 2.29. The van der Waals surface area contributed by atoms with Crippen LogP contribution in [-0.2, 0) is 9.59 Å². The van der Waals surface area contributed by atoms with Gasteiger partial charge in [-0.3, -0.25) is 9.59 Å². The molecule has 4 heteroatoms. The van der Waals surface area contributed by atoms with E-state index in [0.29, 0.717) is 0 Å². The maximum atomic E-state index is 11.1. The van der Waals surface area contributed by atoms with Gasteiger partial charge in [-0.1, -0.05) is 6.42 Å². The summed E-state index contributed by atoms with van der Waals surface area (Å²) in [4.78, 5) is 22.0. The molecule has 2 saturated carbocycles. The van der Waals surface area contributed by atoms with Crippen molar-refractivity contribution in [1.29, 1.82) is 0 Å². The van der Waals surface area contributed by atoms with Gasteiger partial charge in [0.1, 0.15) is 0 Å². The number of aliphatic carboxylic acids is 2. The first kappa shape index (κ1) is 12.4. The second-order valence-electron chi connectivity index (χ2n) is 5.74. The summed E-state index contributed by atoms with van der Waals surface area (Å²) in [6, 6.07) is 0. The predicted molar refractivity (Wildman–Crippen MR) is 61.6 cm³/mol. The molecule has 0 unspecified atom stereocenters. The summed E-state index contributed by atoms with van der Waals surface area (Å²) in [5, 5.41) is 18.1. The van der Waals surface area contributed by atoms with E-state index in [1.165, 1.54) is 0 Å². The molecule has 0 radical (unpaired) electrons. The Hall–Kier alpha value is -1.06. The van der Waals surface area contributed by atoms with E-state index in [4.69, 9.17) is 10.2 Å². The molecule has 0 heterocycles. The van der Waals surface area contributed by atoms with Crippen molar-refractivity contribution in [1.82, 2.24) is 0 Å². The van der Waals surface area contributed by atoms with Crippen LogP contribution < -0.4 is 0 Å². The minimum absolute atomic E-state index is 0.132. The first-order chi connectivity index (χ1) is 8.02. The van der Waals surface area contributed by atoms with Crippen molar-refractivity contribution >= 4 is 11.9 Å². The number of hydrogen-bond donors (Lipinski definition) is 2. The van der Waals surface area contributed by atoms with Gasteiger partial charge >= 0.3 is 11.9 Å². The Kier molecular flexibility index (Phi) is 3.40. The molecule has 2 aliphatic rings. The Balaban J connectivity index is 1.97. The van der Waals surface area contributed by atoms with Crippen LogP contribution in [0.5, 0.6) is 0 Å². The second-order valence-corrected chi connectivity index (χ2v) is 5.74. The fourth-order valence-electron chi connectivity index (χ4n) is 3.59. The largest absolute Gasteiger partial charge is 0.481 e. The topological polar surface area (TPSA) is 74.6 Å². The van der Waals surface area contributed by atoms with E-state index in [9.17, 15) is 9.59 Å². The highest BCUT2D eigenvalue weighted by atomic mass is 16.4. The Bertz CT molecular complexity index is 315. The zero-order valence-corrected chi connectivity index (χ0v) is 10.0.